The van der Waals surface area contributed by atoms with Gasteiger partial charge in [-0.1, -0.05) is 77.8 Å². The number of carbonyl (C=O) groups is 4. The maximum Gasteiger partial charge on any atom is 0.246 e. The van der Waals surface area contributed by atoms with E-state index in [0.717, 1.165) is 5.57 Å². The van der Waals surface area contributed by atoms with Crippen LogP contribution in [-0.2, 0) is 24.6 Å². The lowest BCUT2D eigenvalue weighted by Gasteiger charge is -2.50. The van der Waals surface area contributed by atoms with E-state index in [4.69, 9.17) is 16.3 Å². The number of fused-ring (bicyclic) bond motifs is 4. The van der Waals surface area contributed by atoms with Crippen LogP contribution in [0.5, 0.6) is 11.5 Å². The molecule has 0 aromatic heterocycles. The van der Waals surface area contributed by atoms with Gasteiger partial charge in [0, 0.05) is 10.9 Å². The minimum atomic E-state index is -1.42. The highest BCUT2D eigenvalue weighted by Gasteiger charge is 2.70. The number of allylic oxidation sites excluding steroid dienone is 2. The number of phenols is 1. The number of nitrogens with zero attached hydrogens (tertiary/aromatic N) is 2. The first kappa shape index (κ1) is 31.8. The van der Waals surface area contributed by atoms with Crippen LogP contribution in [0.2, 0.25) is 5.02 Å². The van der Waals surface area contributed by atoms with Crippen LogP contribution in [0.25, 0.3) is 0 Å². The zero-order valence-corrected chi connectivity index (χ0v) is 29.2. The number of hydrogen-bond acceptors (Lipinski definition) is 6. The molecule has 4 aromatic rings. The molecule has 6 unspecified atom stereocenters. The molecule has 8 nitrogen and oxygen atoms in total. The summed E-state index contributed by atoms with van der Waals surface area (Å²) in [4.78, 5) is 61.1. The number of anilines is 2. The summed E-state index contributed by atoms with van der Waals surface area (Å²) in [7, 11) is 1.46. The third-order valence-electron chi connectivity index (χ3n) is 10.8. The fourth-order valence-electron chi connectivity index (χ4n) is 8.87. The molecule has 3 fully saturated rings. The molecule has 49 heavy (non-hydrogen) atoms. The van der Waals surface area contributed by atoms with E-state index in [-0.39, 0.29) is 35.6 Å². The molecule has 4 amide bonds. The Labute approximate surface area is 301 Å². The molecule has 6 atom stereocenters. The number of benzene rings is 4. The van der Waals surface area contributed by atoms with Crippen molar-refractivity contribution in [2.24, 2.45) is 23.7 Å². The number of para-hydroxylation sites is 1. The quantitative estimate of drug-likeness (QED) is 0.133. The zero-order chi connectivity index (χ0) is 34.2. The molecule has 1 saturated carbocycles. The van der Waals surface area contributed by atoms with E-state index in [0.29, 0.717) is 37.5 Å². The summed E-state index contributed by atoms with van der Waals surface area (Å²) in [6.45, 7) is 0. The molecule has 4 aliphatic rings. The van der Waals surface area contributed by atoms with Gasteiger partial charge in [0.2, 0.25) is 23.6 Å². The van der Waals surface area contributed by atoms with Crippen molar-refractivity contribution in [1.82, 2.24) is 0 Å². The van der Waals surface area contributed by atoms with Crippen LogP contribution in [0.1, 0.15) is 29.9 Å². The summed E-state index contributed by atoms with van der Waals surface area (Å²) >= 11 is 8.43. The Morgan fingerprint density at radius 2 is 1.51 bits per heavy atom. The number of imide groups is 2. The van der Waals surface area contributed by atoms with Crippen LogP contribution in [0.3, 0.4) is 0 Å². The lowest BCUT2D eigenvalue weighted by molar-refractivity contribution is -0.127. The predicted octanol–water partition coefficient (Wildman–Crippen LogP) is 7.03. The number of hydrogen-bond donors (Lipinski definition) is 1. The molecular weight excluding hydrogens is 755 g/mol. The summed E-state index contributed by atoms with van der Waals surface area (Å²) in [5.74, 6) is -4.62. The SMILES string of the molecule is COc1cc(C2C3=CCC4C(=O)N(c5ccccc5)C(=O)C4C3CC3C(=O)N(c4cccc(Cl)c4)C(=O)C32c2ccccc2)cc(I)c1O. The van der Waals surface area contributed by atoms with Gasteiger partial charge >= 0.3 is 0 Å². The number of rotatable bonds is 5. The molecule has 0 radical (unpaired) electrons. The summed E-state index contributed by atoms with van der Waals surface area (Å²) in [6.07, 6.45) is 2.51. The molecule has 2 aliphatic heterocycles. The van der Waals surface area contributed by atoms with Gasteiger partial charge in [0.25, 0.3) is 0 Å². The minimum absolute atomic E-state index is 0.0355. The third-order valence-corrected chi connectivity index (χ3v) is 11.8. The number of carbonyl (C=O) groups excluding carboxylic acids is 4. The van der Waals surface area contributed by atoms with E-state index in [1.807, 2.05) is 71.1 Å². The van der Waals surface area contributed by atoms with E-state index in [1.54, 1.807) is 54.6 Å². The van der Waals surface area contributed by atoms with Crippen LogP contribution in [-0.4, -0.2) is 35.8 Å². The van der Waals surface area contributed by atoms with Gasteiger partial charge in [0.15, 0.2) is 11.5 Å². The Balaban J connectivity index is 1.38. The van der Waals surface area contributed by atoms with Crippen molar-refractivity contribution in [3.05, 3.63) is 128 Å². The molecule has 2 heterocycles. The average molecular weight is 785 g/mol. The van der Waals surface area contributed by atoms with Crippen molar-refractivity contribution in [1.29, 1.82) is 0 Å². The summed E-state index contributed by atoms with van der Waals surface area (Å²) < 4.78 is 6.11. The van der Waals surface area contributed by atoms with Gasteiger partial charge in [-0.15, -0.1) is 0 Å². The molecule has 2 aliphatic carbocycles. The number of methoxy groups -OCH3 is 1. The van der Waals surface area contributed by atoms with Crippen molar-refractivity contribution < 1.29 is 29.0 Å². The van der Waals surface area contributed by atoms with Gasteiger partial charge in [-0.3, -0.25) is 24.1 Å². The van der Waals surface area contributed by atoms with Gasteiger partial charge in [-0.05, 0) is 94.9 Å². The maximum atomic E-state index is 15.4. The highest BCUT2D eigenvalue weighted by Crippen LogP contribution is 2.65. The smallest absolute Gasteiger partial charge is 0.246 e. The summed E-state index contributed by atoms with van der Waals surface area (Å²) in [6, 6.07) is 28.5. The molecule has 10 heteroatoms. The fourth-order valence-corrected chi connectivity index (χ4v) is 9.68. The topological polar surface area (TPSA) is 104 Å². The second-order valence-corrected chi connectivity index (χ2v) is 14.6. The van der Waals surface area contributed by atoms with Crippen LogP contribution in [0.4, 0.5) is 11.4 Å². The fraction of sp³-hybridized carbons (Fsp3) is 0.231. The summed E-state index contributed by atoms with van der Waals surface area (Å²) in [5.41, 5.74) is 1.60. The number of amides is 4. The lowest BCUT2D eigenvalue weighted by Crippen LogP contribution is -2.53. The molecule has 0 spiro atoms. The van der Waals surface area contributed by atoms with E-state index in [2.05, 4.69) is 0 Å². The van der Waals surface area contributed by atoms with Gasteiger partial charge in [-0.25, -0.2) is 4.90 Å². The van der Waals surface area contributed by atoms with Crippen LogP contribution < -0.4 is 14.5 Å². The third kappa shape index (κ3) is 4.54. The first-order valence-corrected chi connectivity index (χ1v) is 17.5. The Bertz CT molecular complexity index is 2090. The Kier molecular flexibility index (Phi) is 7.68. The lowest BCUT2D eigenvalue weighted by atomic mass is 9.49. The molecule has 8 rings (SSSR count). The zero-order valence-electron chi connectivity index (χ0n) is 26.3. The van der Waals surface area contributed by atoms with Crippen LogP contribution in [0.15, 0.2) is 109 Å². The maximum absolute atomic E-state index is 15.4. The first-order chi connectivity index (χ1) is 23.7. The molecule has 1 N–H and O–H groups in total. The Morgan fingerprint density at radius 1 is 0.816 bits per heavy atom. The second-order valence-electron chi connectivity index (χ2n) is 13.0. The average Bonchev–Trinajstić information content (AvgIpc) is 3.50. The molecule has 2 saturated heterocycles. The van der Waals surface area contributed by atoms with Crippen LogP contribution in [0, 0.1) is 27.2 Å². The number of phenolic OH excluding ortho intramolecular Hbond substituents is 1. The standard InChI is InChI=1S/C39H30ClIN2O6/c1-49-31-18-21(17-30(41)34(31)44)33-26-15-16-27-32(37(47)42(35(27)45)24-12-6-3-7-13-24)28(26)20-29-36(46)43(25-14-8-11-23(40)19-25)38(48)39(29,33)22-9-4-2-5-10-22/h2-15,17-19,27-29,32-33,44H,16,20H2,1H3. The molecular formula is C39H30ClIN2O6. The number of ether oxygens (including phenoxy) is 1. The monoisotopic (exact) mass is 784 g/mol. The highest BCUT2D eigenvalue weighted by molar-refractivity contribution is 14.1. The van der Waals surface area contributed by atoms with E-state index >= 15 is 4.79 Å². The van der Waals surface area contributed by atoms with Crippen molar-refractivity contribution >= 4 is 69.2 Å². The first-order valence-electron chi connectivity index (χ1n) is 16.1. The molecule has 4 aromatic carbocycles. The van der Waals surface area contributed by atoms with E-state index < -0.39 is 40.9 Å². The van der Waals surface area contributed by atoms with Crippen molar-refractivity contribution in [3.63, 3.8) is 0 Å². The van der Waals surface area contributed by atoms with Crippen molar-refractivity contribution in [3.8, 4) is 11.5 Å². The molecule has 0 bridgehead atoms. The highest BCUT2D eigenvalue weighted by atomic mass is 127. The predicted molar refractivity (Wildman–Crippen MR) is 192 cm³/mol. The summed E-state index contributed by atoms with van der Waals surface area (Å²) in [5, 5.41) is 11.3. The minimum Gasteiger partial charge on any atom is -0.504 e. The van der Waals surface area contributed by atoms with Gasteiger partial charge < -0.3 is 9.84 Å². The van der Waals surface area contributed by atoms with Crippen LogP contribution >= 0.6 is 34.2 Å². The normalized spacial score (nSPS) is 27.5. The van der Waals surface area contributed by atoms with Gasteiger partial charge in [0.05, 0.1) is 45.2 Å². The number of aromatic hydroxyl groups is 1. The van der Waals surface area contributed by atoms with E-state index in [1.165, 1.54) is 16.9 Å². The van der Waals surface area contributed by atoms with Gasteiger partial charge in [0.1, 0.15) is 0 Å². The Hall–Kier alpha value is -4.48. The Morgan fingerprint density at radius 3 is 2.20 bits per heavy atom. The van der Waals surface area contributed by atoms with E-state index in [9.17, 15) is 19.5 Å². The van der Waals surface area contributed by atoms with Gasteiger partial charge in [-0.2, -0.15) is 0 Å². The second kappa shape index (κ2) is 11.8. The van der Waals surface area contributed by atoms with Crippen molar-refractivity contribution in [2.75, 3.05) is 16.9 Å². The number of halogens is 2. The van der Waals surface area contributed by atoms with Crippen molar-refractivity contribution in [2.45, 2.75) is 24.2 Å². The molecule has 246 valence electrons. The largest absolute Gasteiger partial charge is 0.504 e.